The van der Waals surface area contributed by atoms with E-state index in [0.717, 1.165) is 9.25 Å². The van der Waals surface area contributed by atoms with Gasteiger partial charge in [0.2, 0.25) is 0 Å². The molecule has 4 aromatic rings. The summed E-state index contributed by atoms with van der Waals surface area (Å²) < 4.78 is 47.6. The van der Waals surface area contributed by atoms with Gasteiger partial charge < -0.3 is 14.7 Å². The fraction of sp³-hybridized carbons (Fsp3) is 0.320. The lowest BCUT2D eigenvalue weighted by atomic mass is 10.1. The van der Waals surface area contributed by atoms with Gasteiger partial charge in [-0.05, 0) is 36.4 Å². The van der Waals surface area contributed by atoms with E-state index >= 15 is 0 Å². The van der Waals surface area contributed by atoms with E-state index in [1.807, 2.05) is 0 Å². The van der Waals surface area contributed by atoms with Crippen LogP contribution in [0.4, 0.5) is 13.2 Å². The van der Waals surface area contributed by atoms with E-state index in [2.05, 4.69) is 15.2 Å². The number of rotatable bonds is 7. The number of hydrogen-bond acceptors (Lipinski definition) is 7. The van der Waals surface area contributed by atoms with Crippen molar-refractivity contribution in [3.63, 3.8) is 0 Å². The maximum absolute atomic E-state index is 13.2. The number of hydrogen-bond donors (Lipinski definition) is 1. The Hall–Kier alpha value is -3.72. The van der Waals surface area contributed by atoms with Crippen molar-refractivity contribution in [2.24, 2.45) is 0 Å². The first-order valence-corrected chi connectivity index (χ1v) is 13.0. The molecule has 5 rings (SSSR count). The molecule has 16 heteroatoms. The van der Waals surface area contributed by atoms with E-state index in [1.165, 1.54) is 35.3 Å². The number of nitrogens with zero attached hydrogens (tertiary/aromatic N) is 7. The summed E-state index contributed by atoms with van der Waals surface area (Å²) in [5.41, 5.74) is -0.0585. The molecule has 1 fully saturated rings. The third kappa shape index (κ3) is 6.15. The molecule has 3 heterocycles. The van der Waals surface area contributed by atoms with Gasteiger partial charge in [0.1, 0.15) is 12.9 Å². The number of carbonyl (C=O) groups is 1. The van der Waals surface area contributed by atoms with Crippen LogP contribution < -0.4 is 5.69 Å². The summed E-state index contributed by atoms with van der Waals surface area (Å²) in [6.07, 6.45) is -6.45. The quantitative estimate of drug-likeness (QED) is 0.341. The molecule has 0 unspecified atom stereocenters. The van der Waals surface area contributed by atoms with Gasteiger partial charge in [-0.3, -0.25) is 9.36 Å². The molecule has 0 aliphatic carbocycles. The van der Waals surface area contributed by atoms with Crippen LogP contribution in [-0.2, 0) is 17.8 Å². The van der Waals surface area contributed by atoms with E-state index < -0.39 is 24.5 Å². The van der Waals surface area contributed by atoms with E-state index in [9.17, 15) is 27.9 Å². The third-order valence-electron chi connectivity index (χ3n) is 6.33. The summed E-state index contributed by atoms with van der Waals surface area (Å²) in [6, 6.07) is 10.8. The minimum atomic E-state index is -4.95. The van der Waals surface area contributed by atoms with Crippen molar-refractivity contribution in [1.29, 1.82) is 0 Å². The van der Waals surface area contributed by atoms with Crippen molar-refractivity contribution >= 4 is 29.1 Å². The largest absolute Gasteiger partial charge is 0.416 e. The lowest BCUT2D eigenvalue weighted by Gasteiger charge is -2.27. The summed E-state index contributed by atoms with van der Waals surface area (Å²) in [6.45, 7) is 0.256. The van der Waals surface area contributed by atoms with E-state index in [-0.39, 0.29) is 40.4 Å². The van der Waals surface area contributed by atoms with Crippen molar-refractivity contribution < 1.29 is 27.8 Å². The van der Waals surface area contributed by atoms with Crippen molar-refractivity contribution in [3.8, 4) is 17.1 Å². The Kier molecular flexibility index (Phi) is 8.18. The van der Waals surface area contributed by atoms with Gasteiger partial charge in [0.05, 0.1) is 36.0 Å². The normalized spacial score (nSPS) is 14.8. The molecule has 1 N–H and O–H groups in total. The molecule has 11 nitrogen and oxygen atoms in total. The second-order valence-corrected chi connectivity index (χ2v) is 9.93. The van der Waals surface area contributed by atoms with Crippen LogP contribution in [0, 0.1) is 0 Å². The van der Waals surface area contributed by atoms with Crippen molar-refractivity contribution in [1.82, 2.24) is 34.0 Å². The summed E-state index contributed by atoms with van der Waals surface area (Å²) >= 11 is 12.4. The summed E-state index contributed by atoms with van der Waals surface area (Å²) in [4.78, 5) is 32.2. The lowest BCUT2D eigenvalue weighted by Crippen LogP contribution is -2.41. The number of morpholine rings is 1. The van der Waals surface area contributed by atoms with Crippen LogP contribution >= 0.6 is 23.2 Å². The van der Waals surface area contributed by atoms with Crippen LogP contribution in [0.5, 0.6) is 0 Å². The molecule has 1 amide bonds. The Morgan fingerprint density at radius 2 is 1.78 bits per heavy atom. The van der Waals surface area contributed by atoms with Crippen molar-refractivity contribution in [2.45, 2.75) is 25.4 Å². The van der Waals surface area contributed by atoms with Crippen LogP contribution in [0.3, 0.4) is 0 Å². The maximum Gasteiger partial charge on any atom is 0.416 e. The Morgan fingerprint density at radius 1 is 1.07 bits per heavy atom. The van der Waals surface area contributed by atoms with Gasteiger partial charge in [-0.1, -0.05) is 29.3 Å². The first-order valence-electron chi connectivity index (χ1n) is 12.3. The maximum atomic E-state index is 13.2. The molecule has 41 heavy (non-hydrogen) atoms. The van der Waals surface area contributed by atoms with Gasteiger partial charge in [-0.2, -0.15) is 13.2 Å². The van der Waals surface area contributed by atoms with E-state index in [1.54, 1.807) is 23.1 Å². The van der Waals surface area contributed by atoms with Crippen LogP contribution in [-0.4, -0.2) is 83.6 Å². The van der Waals surface area contributed by atoms with E-state index in [4.69, 9.17) is 27.9 Å². The molecular formula is C25H22Cl2F3N7O4. The number of halogens is 5. The van der Waals surface area contributed by atoms with Gasteiger partial charge in [-0.25, -0.2) is 19.1 Å². The molecular weight excluding hydrogens is 590 g/mol. The number of aromatic nitrogens is 6. The fourth-order valence-corrected chi connectivity index (χ4v) is 4.65. The number of amides is 1. The number of aliphatic hydroxyl groups is 1. The highest BCUT2D eigenvalue weighted by molar-refractivity contribution is 6.33. The Morgan fingerprint density at radius 3 is 2.46 bits per heavy atom. The predicted molar refractivity (Wildman–Crippen MR) is 141 cm³/mol. The Balaban J connectivity index is 1.48. The Bertz CT molecular complexity index is 1610. The SMILES string of the molecule is O=C(c1cccc(Cl)c1-n1cnc(Cn2nc(-c3ccc(Cl)cc3)n(C[C@@H](O)C(F)(F)F)c2=O)n1)N1CCOCC1. The first-order chi connectivity index (χ1) is 19.5. The summed E-state index contributed by atoms with van der Waals surface area (Å²) in [5, 5.41) is 18.8. The van der Waals surface area contributed by atoms with Crippen molar-refractivity contribution in [3.05, 3.63) is 80.7 Å². The van der Waals surface area contributed by atoms with Crippen LogP contribution in [0.25, 0.3) is 17.1 Å². The predicted octanol–water partition coefficient (Wildman–Crippen LogP) is 3.04. The highest BCUT2D eigenvalue weighted by atomic mass is 35.5. The molecule has 0 spiro atoms. The lowest BCUT2D eigenvalue weighted by molar-refractivity contribution is -0.207. The fourth-order valence-electron chi connectivity index (χ4n) is 4.27. The second-order valence-electron chi connectivity index (χ2n) is 9.08. The molecule has 1 atom stereocenters. The average molecular weight is 612 g/mol. The molecule has 0 bridgehead atoms. The highest BCUT2D eigenvalue weighted by Crippen LogP contribution is 2.26. The van der Waals surface area contributed by atoms with Gasteiger partial charge in [0.25, 0.3) is 5.91 Å². The summed E-state index contributed by atoms with van der Waals surface area (Å²) in [5.74, 6) is -0.312. The molecule has 216 valence electrons. The molecule has 2 aromatic heterocycles. The number of alkyl halides is 3. The summed E-state index contributed by atoms with van der Waals surface area (Å²) in [7, 11) is 0. The Labute approximate surface area is 240 Å². The standard InChI is InChI=1S/C25H22Cl2F3N7O4/c26-16-6-4-15(5-7-16)22-33-36(24(40)35(22)12-19(38)25(28,29)30)13-20-31-14-37(32-20)21-17(2-1-3-18(21)27)23(39)34-8-10-41-11-9-34/h1-7,14,19,38H,8-13H2/t19-/m1/s1. The number of carbonyl (C=O) groups excluding carboxylic acids is 1. The number of para-hydroxylation sites is 1. The minimum absolute atomic E-state index is 0.0699. The zero-order chi connectivity index (χ0) is 29.3. The number of ether oxygens (including phenoxy) is 1. The number of aliphatic hydroxyl groups excluding tert-OH is 1. The average Bonchev–Trinajstić information content (AvgIpc) is 3.53. The monoisotopic (exact) mass is 611 g/mol. The van der Waals surface area contributed by atoms with Crippen LogP contribution in [0.15, 0.2) is 53.6 Å². The molecule has 1 aliphatic rings. The first kappa shape index (κ1) is 28.8. The van der Waals surface area contributed by atoms with Crippen LogP contribution in [0.2, 0.25) is 10.0 Å². The minimum Gasteiger partial charge on any atom is -0.382 e. The van der Waals surface area contributed by atoms with Gasteiger partial charge in [0, 0.05) is 23.7 Å². The van der Waals surface area contributed by atoms with Crippen LogP contribution in [0.1, 0.15) is 16.2 Å². The van der Waals surface area contributed by atoms with E-state index in [0.29, 0.717) is 36.9 Å². The van der Waals surface area contributed by atoms with Gasteiger partial charge in [-0.15, -0.1) is 10.2 Å². The molecule has 0 saturated carbocycles. The highest BCUT2D eigenvalue weighted by Gasteiger charge is 2.39. The molecule has 2 aromatic carbocycles. The number of benzene rings is 2. The smallest absolute Gasteiger partial charge is 0.382 e. The van der Waals surface area contributed by atoms with Gasteiger partial charge >= 0.3 is 11.9 Å². The molecule has 1 saturated heterocycles. The molecule has 1 aliphatic heterocycles. The second kappa shape index (κ2) is 11.6. The molecule has 0 radical (unpaired) electrons. The zero-order valence-electron chi connectivity index (χ0n) is 21.1. The third-order valence-corrected chi connectivity index (χ3v) is 6.89. The van der Waals surface area contributed by atoms with Crippen molar-refractivity contribution in [2.75, 3.05) is 26.3 Å². The van der Waals surface area contributed by atoms with Gasteiger partial charge in [0.15, 0.2) is 17.8 Å². The topological polar surface area (TPSA) is 120 Å². The zero-order valence-corrected chi connectivity index (χ0v) is 22.6.